The molecular formula is C18H27N9O. The highest BCUT2D eigenvalue weighted by Gasteiger charge is 2.42. The summed E-state index contributed by atoms with van der Waals surface area (Å²) >= 11 is 0. The Morgan fingerprint density at radius 1 is 1.39 bits per heavy atom. The first-order valence-electron chi connectivity index (χ1n) is 9.49. The highest BCUT2D eigenvalue weighted by Crippen LogP contribution is 2.32. The molecular weight excluding hydrogens is 358 g/mol. The Labute approximate surface area is 165 Å². The van der Waals surface area contributed by atoms with Crippen molar-refractivity contribution in [2.75, 3.05) is 36.9 Å². The van der Waals surface area contributed by atoms with Crippen LogP contribution >= 0.6 is 0 Å². The lowest BCUT2D eigenvalue weighted by Crippen LogP contribution is -2.58. The average Bonchev–Trinajstić information content (AvgIpc) is 2.96. The van der Waals surface area contributed by atoms with Crippen molar-refractivity contribution in [3.05, 3.63) is 24.2 Å². The molecule has 1 aromatic rings. The minimum absolute atomic E-state index is 0.0646. The molecule has 0 unspecified atom stereocenters. The minimum atomic E-state index is -0.0646. The first-order valence-corrected chi connectivity index (χ1v) is 9.49. The van der Waals surface area contributed by atoms with E-state index in [0.717, 1.165) is 37.4 Å². The van der Waals surface area contributed by atoms with Crippen molar-refractivity contribution >= 4 is 17.8 Å². The summed E-state index contributed by atoms with van der Waals surface area (Å²) in [5.74, 6) is 1.39. The number of carbonyl (C=O) groups is 1. The molecule has 4 N–H and O–H groups in total. The largest absolute Gasteiger partial charge is 0.352 e. The van der Waals surface area contributed by atoms with E-state index in [1.807, 2.05) is 24.0 Å². The molecule has 1 aromatic heterocycles. The van der Waals surface area contributed by atoms with Crippen molar-refractivity contribution in [1.29, 1.82) is 5.26 Å². The molecule has 2 fully saturated rings. The molecule has 0 aromatic carbocycles. The van der Waals surface area contributed by atoms with E-state index in [9.17, 15) is 4.79 Å². The van der Waals surface area contributed by atoms with Gasteiger partial charge in [0.15, 0.2) is 0 Å². The van der Waals surface area contributed by atoms with Crippen LogP contribution in [0.2, 0.25) is 0 Å². The number of fused-ring (bicyclic) bond motifs is 2. The van der Waals surface area contributed by atoms with Crippen molar-refractivity contribution in [2.45, 2.75) is 38.3 Å². The zero-order valence-corrected chi connectivity index (χ0v) is 16.3. The maximum atomic E-state index is 12.5. The van der Waals surface area contributed by atoms with Gasteiger partial charge in [-0.15, -0.1) is 0 Å². The van der Waals surface area contributed by atoms with Gasteiger partial charge in [0.05, 0.1) is 24.6 Å². The summed E-state index contributed by atoms with van der Waals surface area (Å²) in [6.45, 7) is 3.80. The molecule has 2 aliphatic rings. The monoisotopic (exact) mass is 385 g/mol. The van der Waals surface area contributed by atoms with E-state index in [1.165, 1.54) is 0 Å². The number of piperazine rings is 1. The van der Waals surface area contributed by atoms with Crippen LogP contribution in [0.25, 0.3) is 0 Å². The fourth-order valence-corrected chi connectivity index (χ4v) is 3.72. The summed E-state index contributed by atoms with van der Waals surface area (Å²) in [5, 5.41) is 14.6. The third-order valence-electron chi connectivity index (χ3n) is 4.94. The van der Waals surface area contributed by atoms with E-state index in [0.29, 0.717) is 18.9 Å². The van der Waals surface area contributed by atoms with Crippen LogP contribution in [-0.4, -0.2) is 59.7 Å². The Bertz CT molecular complexity index is 746. The summed E-state index contributed by atoms with van der Waals surface area (Å²) in [4.78, 5) is 25.6. The van der Waals surface area contributed by atoms with Crippen LogP contribution in [0.1, 0.15) is 26.2 Å². The van der Waals surface area contributed by atoms with Gasteiger partial charge in [-0.25, -0.2) is 15.2 Å². The second-order valence-corrected chi connectivity index (χ2v) is 6.92. The minimum Gasteiger partial charge on any atom is -0.352 e. The van der Waals surface area contributed by atoms with Gasteiger partial charge in [0.25, 0.3) is 0 Å². The van der Waals surface area contributed by atoms with E-state index in [2.05, 4.69) is 36.4 Å². The number of rotatable bonds is 7. The van der Waals surface area contributed by atoms with Crippen LogP contribution in [0.3, 0.4) is 0 Å². The van der Waals surface area contributed by atoms with Gasteiger partial charge >= 0.3 is 6.03 Å². The summed E-state index contributed by atoms with van der Waals surface area (Å²) in [5.41, 5.74) is 6.60. The van der Waals surface area contributed by atoms with E-state index < -0.39 is 0 Å². The molecule has 3 heterocycles. The molecule has 10 heteroatoms. The molecule has 2 bridgehead atoms. The second kappa shape index (κ2) is 9.23. The lowest BCUT2D eigenvalue weighted by Gasteiger charge is -2.41. The molecule has 10 nitrogen and oxygen atoms in total. The number of amides is 2. The van der Waals surface area contributed by atoms with Gasteiger partial charge in [-0.1, -0.05) is 0 Å². The Kier molecular flexibility index (Phi) is 6.49. The van der Waals surface area contributed by atoms with Crippen molar-refractivity contribution < 1.29 is 4.79 Å². The van der Waals surface area contributed by atoms with Crippen LogP contribution in [0.4, 0.5) is 16.6 Å². The fraction of sp³-hybridized carbons (Fsp3) is 0.556. The molecule has 2 aliphatic heterocycles. The smallest absolute Gasteiger partial charge is 0.318 e. The first-order chi connectivity index (χ1) is 13.6. The summed E-state index contributed by atoms with van der Waals surface area (Å²) in [6, 6.07) is 4.21. The maximum Gasteiger partial charge on any atom is 0.318 e. The van der Waals surface area contributed by atoms with E-state index in [4.69, 9.17) is 5.26 Å². The van der Waals surface area contributed by atoms with E-state index in [-0.39, 0.29) is 18.1 Å². The maximum absolute atomic E-state index is 12.5. The van der Waals surface area contributed by atoms with Gasteiger partial charge in [0.2, 0.25) is 5.95 Å². The third kappa shape index (κ3) is 4.61. The normalized spacial score (nSPS) is 21.2. The lowest BCUT2D eigenvalue weighted by molar-refractivity contribution is 0.162. The zero-order chi connectivity index (χ0) is 19.9. The van der Waals surface area contributed by atoms with E-state index >= 15 is 0 Å². The van der Waals surface area contributed by atoms with Gasteiger partial charge in [-0.3, -0.25) is 0 Å². The molecule has 28 heavy (non-hydrogen) atoms. The molecule has 2 amide bonds. The predicted octanol–water partition coefficient (Wildman–Crippen LogP) is 0.750. The van der Waals surface area contributed by atoms with Gasteiger partial charge in [-0.05, 0) is 25.8 Å². The molecule has 2 saturated heterocycles. The lowest BCUT2D eigenvalue weighted by atomic mass is 10.2. The number of hydrogen-bond acceptors (Lipinski definition) is 8. The molecule has 0 aliphatic carbocycles. The Hall–Kier alpha value is -3.06. The standard InChI is InChI=1S/C18H27N9O/c1-13(10-23-20-2)24-17-21-9-6-16(25-17)26-11-14-4-5-15(12-26)27(14)18(28)22-8-3-7-19/h6,9-10,14-15,20,23H,3-5,8,11-12H2,1-2H3,(H,22,28)(H,21,24,25)/b13-10+/t14-,15+. The number of anilines is 2. The van der Waals surface area contributed by atoms with Gasteiger partial charge in [0, 0.05) is 44.8 Å². The fourth-order valence-electron chi connectivity index (χ4n) is 3.72. The Morgan fingerprint density at radius 2 is 2.14 bits per heavy atom. The van der Waals surface area contributed by atoms with Gasteiger partial charge in [0.1, 0.15) is 5.82 Å². The topological polar surface area (TPSA) is 121 Å². The van der Waals surface area contributed by atoms with Crippen molar-refractivity contribution in [1.82, 2.24) is 31.0 Å². The summed E-state index contributed by atoms with van der Waals surface area (Å²) < 4.78 is 0. The summed E-state index contributed by atoms with van der Waals surface area (Å²) in [7, 11) is 1.79. The Morgan fingerprint density at radius 3 is 2.82 bits per heavy atom. The van der Waals surface area contributed by atoms with Crippen LogP contribution in [0.5, 0.6) is 0 Å². The number of hydrogen-bond donors (Lipinski definition) is 4. The van der Waals surface area contributed by atoms with Crippen molar-refractivity contribution in [2.24, 2.45) is 0 Å². The quantitative estimate of drug-likeness (QED) is 0.401. The SMILES string of the molecule is CNN/C=C(\C)Nc1nccc(N2C[C@H]3CC[C@@H](C2)N3C(=O)NCCC#N)n1. The zero-order valence-electron chi connectivity index (χ0n) is 16.3. The van der Waals surface area contributed by atoms with E-state index in [1.54, 1.807) is 19.4 Å². The number of nitriles is 1. The highest BCUT2D eigenvalue weighted by atomic mass is 16.2. The molecule has 0 spiro atoms. The molecule has 3 rings (SSSR count). The van der Waals surface area contributed by atoms with Gasteiger partial charge in [-0.2, -0.15) is 10.2 Å². The molecule has 2 atom stereocenters. The molecule has 0 saturated carbocycles. The van der Waals surface area contributed by atoms with Crippen LogP contribution in [0, 0.1) is 11.3 Å². The number of nitrogens with zero attached hydrogens (tertiary/aromatic N) is 5. The number of carbonyl (C=O) groups excluding carboxylic acids is 1. The first kappa shape index (κ1) is 19.7. The third-order valence-corrected chi connectivity index (χ3v) is 4.94. The molecule has 0 radical (unpaired) electrons. The van der Waals surface area contributed by atoms with Crippen LogP contribution < -0.4 is 26.4 Å². The van der Waals surface area contributed by atoms with Crippen LogP contribution in [0.15, 0.2) is 24.2 Å². The highest BCUT2D eigenvalue weighted by molar-refractivity contribution is 5.76. The second-order valence-electron chi connectivity index (χ2n) is 6.92. The Balaban J connectivity index is 1.63. The number of aromatic nitrogens is 2. The number of allylic oxidation sites excluding steroid dienone is 1. The molecule has 150 valence electrons. The van der Waals surface area contributed by atoms with Crippen molar-refractivity contribution in [3.63, 3.8) is 0 Å². The van der Waals surface area contributed by atoms with Crippen LogP contribution in [-0.2, 0) is 0 Å². The average molecular weight is 385 g/mol. The predicted molar refractivity (Wildman–Crippen MR) is 106 cm³/mol. The number of hydrazine groups is 1. The number of urea groups is 1. The summed E-state index contributed by atoms with van der Waals surface area (Å²) in [6.07, 6.45) is 5.84. The van der Waals surface area contributed by atoms with Crippen molar-refractivity contribution in [3.8, 4) is 6.07 Å². The van der Waals surface area contributed by atoms with Gasteiger partial charge < -0.3 is 25.9 Å². The number of nitrogens with one attached hydrogen (secondary N) is 4.